The molecule has 5 nitrogen and oxygen atoms in total. The van der Waals surface area contributed by atoms with E-state index in [9.17, 15) is 18.0 Å². The van der Waals surface area contributed by atoms with Crippen LogP contribution in [0.25, 0.3) is 22.8 Å². The third kappa shape index (κ3) is 3.58. The Kier molecular flexibility index (Phi) is 4.37. The Bertz CT molecular complexity index is 885. The highest BCUT2D eigenvalue weighted by atomic mass is 19.4. The molecule has 1 heterocycles. The first-order valence-electron chi connectivity index (χ1n) is 7.23. The van der Waals surface area contributed by atoms with Crippen LogP contribution in [0.2, 0.25) is 0 Å². The smallest absolute Gasteiger partial charge is 0.334 e. The van der Waals surface area contributed by atoms with Crippen molar-refractivity contribution in [2.24, 2.45) is 5.73 Å². The summed E-state index contributed by atoms with van der Waals surface area (Å²) in [5.41, 5.74) is 7.17. The third-order valence-corrected chi connectivity index (χ3v) is 3.53. The summed E-state index contributed by atoms with van der Waals surface area (Å²) < 4.78 is 42.4. The van der Waals surface area contributed by atoms with Gasteiger partial charge >= 0.3 is 6.18 Å². The molecule has 0 saturated heterocycles. The maximum Gasteiger partial charge on any atom is 0.454 e. The molecule has 0 fully saturated rings. The molecule has 8 heteroatoms. The number of benzene rings is 2. The number of nitrogens with zero attached hydrogens (tertiary/aromatic N) is 2. The van der Waals surface area contributed by atoms with Gasteiger partial charge in [0.05, 0.1) is 0 Å². The van der Waals surface area contributed by atoms with Crippen LogP contribution in [0.3, 0.4) is 0 Å². The zero-order valence-electron chi connectivity index (χ0n) is 12.7. The van der Waals surface area contributed by atoms with Crippen molar-refractivity contribution in [1.29, 1.82) is 0 Å². The fourth-order valence-electron chi connectivity index (χ4n) is 2.18. The summed E-state index contributed by atoms with van der Waals surface area (Å²) in [6, 6.07) is 12.1. The van der Waals surface area contributed by atoms with Gasteiger partial charge in [0.15, 0.2) is 0 Å². The minimum absolute atomic E-state index is 0.143. The Morgan fingerprint density at radius 1 is 1.00 bits per heavy atom. The summed E-state index contributed by atoms with van der Waals surface area (Å²) in [5.74, 6) is -1.41. The van der Waals surface area contributed by atoms with Gasteiger partial charge in [-0.05, 0) is 17.7 Å². The van der Waals surface area contributed by atoms with Gasteiger partial charge in [-0.15, -0.1) is 0 Å². The number of halogens is 3. The van der Waals surface area contributed by atoms with E-state index in [4.69, 9.17) is 10.3 Å². The Hall–Kier alpha value is -3.00. The average molecular weight is 347 g/mol. The van der Waals surface area contributed by atoms with Crippen LogP contribution in [-0.4, -0.2) is 22.1 Å². The maximum absolute atomic E-state index is 12.4. The van der Waals surface area contributed by atoms with E-state index in [-0.39, 0.29) is 5.89 Å². The molecule has 2 aromatic carbocycles. The molecule has 0 aliphatic heterocycles. The van der Waals surface area contributed by atoms with Crippen LogP contribution in [0, 0.1) is 0 Å². The number of hydrogen-bond donors (Lipinski definition) is 1. The number of Topliss-reactive ketones (excluding diaryl/α,β-unsaturated/α-hetero) is 1. The molecular weight excluding hydrogens is 335 g/mol. The molecular formula is C17H12F3N3O2. The fourth-order valence-corrected chi connectivity index (χ4v) is 2.18. The minimum atomic E-state index is -4.91. The lowest BCUT2D eigenvalue weighted by Gasteiger charge is -2.04. The molecule has 0 spiro atoms. The quantitative estimate of drug-likeness (QED) is 0.729. The van der Waals surface area contributed by atoms with Gasteiger partial charge in [0.2, 0.25) is 5.82 Å². The van der Waals surface area contributed by atoms with Gasteiger partial charge in [-0.3, -0.25) is 4.79 Å². The Morgan fingerprint density at radius 2 is 1.60 bits per heavy atom. The summed E-state index contributed by atoms with van der Waals surface area (Å²) in [6.45, 7) is 0.417. The second-order valence-corrected chi connectivity index (χ2v) is 5.23. The summed E-state index contributed by atoms with van der Waals surface area (Å²) in [6.07, 6.45) is -4.91. The van der Waals surface area contributed by atoms with Crippen molar-refractivity contribution < 1.29 is 22.5 Å². The van der Waals surface area contributed by atoms with Crippen molar-refractivity contribution in [3.05, 3.63) is 59.7 Å². The molecule has 0 bridgehead atoms. The van der Waals surface area contributed by atoms with E-state index in [0.717, 1.165) is 23.3 Å². The van der Waals surface area contributed by atoms with Crippen molar-refractivity contribution in [3.8, 4) is 22.8 Å². The molecule has 0 unspecified atom stereocenters. The Morgan fingerprint density at radius 3 is 2.16 bits per heavy atom. The molecule has 128 valence electrons. The average Bonchev–Trinajstić information content (AvgIpc) is 3.10. The number of ketones is 1. The molecule has 0 atom stereocenters. The second-order valence-electron chi connectivity index (χ2n) is 5.23. The van der Waals surface area contributed by atoms with Gasteiger partial charge in [-0.2, -0.15) is 18.2 Å². The van der Waals surface area contributed by atoms with Crippen LogP contribution in [0.15, 0.2) is 53.1 Å². The topological polar surface area (TPSA) is 82.0 Å². The zero-order valence-corrected chi connectivity index (χ0v) is 12.7. The fraction of sp³-hybridized carbons (Fsp3) is 0.118. The van der Waals surface area contributed by atoms with Crippen LogP contribution in [0.1, 0.15) is 15.9 Å². The number of aromatic nitrogens is 2. The van der Waals surface area contributed by atoms with Crippen LogP contribution in [0.5, 0.6) is 0 Å². The van der Waals surface area contributed by atoms with E-state index in [1.807, 2.05) is 12.1 Å². The van der Waals surface area contributed by atoms with Gasteiger partial charge < -0.3 is 10.3 Å². The molecule has 0 radical (unpaired) electrons. The maximum atomic E-state index is 12.4. The second kappa shape index (κ2) is 6.48. The van der Waals surface area contributed by atoms with E-state index < -0.39 is 17.5 Å². The Balaban J connectivity index is 1.83. The highest BCUT2D eigenvalue weighted by Gasteiger charge is 2.39. The normalized spacial score (nSPS) is 11.5. The minimum Gasteiger partial charge on any atom is -0.334 e. The molecule has 1 aromatic heterocycles. The summed E-state index contributed by atoms with van der Waals surface area (Å²) in [5, 5.41) is 3.85. The molecule has 0 aliphatic rings. The molecule has 0 amide bonds. The van der Waals surface area contributed by atoms with Crippen LogP contribution >= 0.6 is 0 Å². The van der Waals surface area contributed by atoms with Crippen LogP contribution in [-0.2, 0) is 6.54 Å². The molecule has 3 rings (SSSR count). The number of carbonyl (C=O) groups is 1. The van der Waals surface area contributed by atoms with Crippen molar-refractivity contribution in [1.82, 2.24) is 10.1 Å². The van der Waals surface area contributed by atoms with E-state index in [1.165, 1.54) is 12.1 Å². The number of rotatable bonds is 4. The molecule has 0 saturated carbocycles. The highest BCUT2D eigenvalue weighted by Crippen LogP contribution is 2.25. The van der Waals surface area contributed by atoms with E-state index in [1.54, 1.807) is 12.1 Å². The number of alkyl halides is 3. The summed E-state index contributed by atoms with van der Waals surface area (Å²) in [7, 11) is 0. The Labute approximate surface area is 140 Å². The lowest BCUT2D eigenvalue weighted by molar-refractivity contribution is -0.0885. The van der Waals surface area contributed by atoms with Crippen molar-refractivity contribution in [3.63, 3.8) is 0 Å². The lowest BCUT2D eigenvalue weighted by Crippen LogP contribution is -2.22. The summed E-state index contributed by atoms with van der Waals surface area (Å²) in [4.78, 5) is 15.4. The number of hydrogen-bond acceptors (Lipinski definition) is 5. The first kappa shape index (κ1) is 16.8. The van der Waals surface area contributed by atoms with Gasteiger partial charge in [-0.25, -0.2) is 0 Å². The lowest BCUT2D eigenvalue weighted by atomic mass is 10.1. The third-order valence-electron chi connectivity index (χ3n) is 3.53. The molecule has 2 N–H and O–H groups in total. The van der Waals surface area contributed by atoms with E-state index >= 15 is 0 Å². The van der Waals surface area contributed by atoms with Crippen molar-refractivity contribution in [2.45, 2.75) is 12.7 Å². The summed E-state index contributed by atoms with van der Waals surface area (Å²) >= 11 is 0. The molecule has 3 aromatic rings. The van der Waals surface area contributed by atoms with E-state index in [0.29, 0.717) is 17.9 Å². The number of carbonyl (C=O) groups excluding carboxylic acids is 1. The van der Waals surface area contributed by atoms with Gasteiger partial charge in [0, 0.05) is 23.2 Å². The van der Waals surface area contributed by atoms with Gasteiger partial charge in [0.25, 0.3) is 11.7 Å². The van der Waals surface area contributed by atoms with Crippen molar-refractivity contribution in [2.75, 3.05) is 0 Å². The van der Waals surface area contributed by atoms with E-state index in [2.05, 4.69) is 10.1 Å². The highest BCUT2D eigenvalue weighted by molar-refractivity contribution is 6.00. The first-order valence-corrected chi connectivity index (χ1v) is 7.23. The standard InChI is InChI=1S/C17H12F3N3O2/c18-17(19,20)14(24)11-5-7-13(8-6-11)16-22-15(23-25-16)12-3-1-10(9-21)2-4-12/h1-8H,9,21H2. The number of nitrogens with two attached hydrogens (primary N) is 1. The largest absolute Gasteiger partial charge is 0.454 e. The van der Waals surface area contributed by atoms with Crippen molar-refractivity contribution >= 4 is 5.78 Å². The predicted molar refractivity (Wildman–Crippen MR) is 83.4 cm³/mol. The molecule has 0 aliphatic carbocycles. The monoisotopic (exact) mass is 347 g/mol. The van der Waals surface area contributed by atoms with Gasteiger partial charge in [0.1, 0.15) is 0 Å². The first-order chi connectivity index (χ1) is 11.9. The van der Waals surface area contributed by atoms with Crippen LogP contribution in [0.4, 0.5) is 13.2 Å². The van der Waals surface area contributed by atoms with Gasteiger partial charge in [-0.1, -0.05) is 41.6 Å². The van der Waals surface area contributed by atoms with Crippen LogP contribution < -0.4 is 5.73 Å². The molecule has 25 heavy (non-hydrogen) atoms. The predicted octanol–water partition coefficient (Wildman–Crippen LogP) is 3.61. The zero-order chi connectivity index (χ0) is 18.0. The SMILES string of the molecule is NCc1ccc(-c2noc(-c3ccc(C(=O)C(F)(F)F)cc3)n2)cc1.